The third kappa shape index (κ3) is 5.48. The van der Waals surface area contributed by atoms with Crippen LogP contribution in [0, 0.1) is 0 Å². The fourth-order valence-electron chi connectivity index (χ4n) is 1.56. The predicted molar refractivity (Wildman–Crippen MR) is 80.1 cm³/mol. The Labute approximate surface area is 120 Å². The minimum absolute atomic E-state index is 0.0639. The highest BCUT2D eigenvalue weighted by Gasteiger charge is 2.09. The summed E-state index contributed by atoms with van der Waals surface area (Å²) >= 11 is 0. The molecule has 0 heterocycles. The molecule has 0 aliphatic rings. The number of aliphatic hydroxyl groups is 1. The lowest BCUT2D eigenvalue weighted by Gasteiger charge is -2.15. The zero-order valence-electron chi connectivity index (χ0n) is 12.3. The van der Waals surface area contributed by atoms with Gasteiger partial charge in [0.2, 0.25) is 0 Å². The highest BCUT2D eigenvalue weighted by molar-refractivity contribution is 5.89. The molecule has 0 bridgehead atoms. The summed E-state index contributed by atoms with van der Waals surface area (Å²) in [4.78, 5) is 11.7. The summed E-state index contributed by atoms with van der Waals surface area (Å²) in [6.45, 7) is 5.92. The number of ether oxygens (including phenoxy) is 1. The quantitative estimate of drug-likeness (QED) is 0.719. The van der Waals surface area contributed by atoms with Crippen LogP contribution in [0.3, 0.4) is 0 Å². The minimum Gasteiger partial charge on any atom is -0.491 e. The summed E-state index contributed by atoms with van der Waals surface area (Å²) in [7, 11) is 0. The summed E-state index contributed by atoms with van der Waals surface area (Å²) in [6.07, 6.45) is 1.81. The van der Waals surface area contributed by atoms with Gasteiger partial charge in [-0.25, -0.2) is 4.79 Å². The van der Waals surface area contributed by atoms with E-state index in [9.17, 15) is 4.79 Å². The van der Waals surface area contributed by atoms with E-state index in [0.717, 1.165) is 12.2 Å². The number of benzene rings is 1. The van der Waals surface area contributed by atoms with Crippen molar-refractivity contribution >= 4 is 11.7 Å². The van der Waals surface area contributed by atoms with Crippen LogP contribution < -0.4 is 15.4 Å². The zero-order valence-corrected chi connectivity index (χ0v) is 12.3. The van der Waals surface area contributed by atoms with E-state index in [0.29, 0.717) is 12.1 Å². The van der Waals surface area contributed by atoms with Gasteiger partial charge >= 0.3 is 6.03 Å². The van der Waals surface area contributed by atoms with E-state index < -0.39 is 0 Å². The average Bonchev–Trinajstić information content (AvgIpc) is 2.46. The predicted octanol–water partition coefficient (Wildman–Crippen LogP) is 2.76. The highest BCUT2D eigenvalue weighted by atomic mass is 16.5. The topological polar surface area (TPSA) is 70.6 Å². The number of hydrogen-bond acceptors (Lipinski definition) is 3. The molecule has 2 unspecified atom stereocenters. The lowest BCUT2D eigenvalue weighted by Crippen LogP contribution is -2.39. The SMILES string of the molecule is CCC(CO)NC(=O)Nc1ccc(OC(C)CC)cc1. The summed E-state index contributed by atoms with van der Waals surface area (Å²) in [6, 6.07) is 6.69. The lowest BCUT2D eigenvalue weighted by atomic mass is 10.2. The van der Waals surface area contributed by atoms with Crippen LogP contribution in [0.2, 0.25) is 0 Å². The van der Waals surface area contributed by atoms with Crippen LogP contribution in [-0.4, -0.2) is 29.9 Å². The summed E-state index contributed by atoms with van der Waals surface area (Å²) in [5.41, 5.74) is 0.687. The molecular formula is C15H24N2O3. The van der Waals surface area contributed by atoms with Gasteiger partial charge in [-0.15, -0.1) is 0 Å². The second-order valence-electron chi connectivity index (χ2n) is 4.75. The Morgan fingerprint density at radius 2 is 1.90 bits per heavy atom. The first kappa shape index (κ1) is 16.3. The first-order valence-electron chi connectivity index (χ1n) is 7.04. The number of aliphatic hydroxyl groups excluding tert-OH is 1. The van der Waals surface area contributed by atoms with Gasteiger partial charge in [-0.1, -0.05) is 13.8 Å². The van der Waals surface area contributed by atoms with Gasteiger partial charge in [0.15, 0.2) is 0 Å². The zero-order chi connectivity index (χ0) is 15.0. The van der Waals surface area contributed by atoms with Gasteiger partial charge in [-0.3, -0.25) is 0 Å². The Morgan fingerprint density at radius 1 is 1.25 bits per heavy atom. The number of anilines is 1. The van der Waals surface area contributed by atoms with Gasteiger partial charge in [-0.2, -0.15) is 0 Å². The molecule has 20 heavy (non-hydrogen) atoms. The number of carbonyl (C=O) groups is 1. The van der Waals surface area contributed by atoms with E-state index in [1.807, 2.05) is 26.0 Å². The molecule has 0 radical (unpaired) electrons. The molecule has 1 aromatic rings. The number of amides is 2. The molecule has 1 rings (SSSR count). The van der Waals surface area contributed by atoms with E-state index >= 15 is 0 Å². The molecule has 0 aliphatic heterocycles. The van der Waals surface area contributed by atoms with Gasteiger partial charge in [0.1, 0.15) is 5.75 Å². The van der Waals surface area contributed by atoms with Crippen LogP contribution in [0.1, 0.15) is 33.6 Å². The first-order valence-corrected chi connectivity index (χ1v) is 7.04. The highest BCUT2D eigenvalue weighted by Crippen LogP contribution is 2.17. The Kier molecular flexibility index (Phi) is 6.87. The fraction of sp³-hybridized carbons (Fsp3) is 0.533. The van der Waals surface area contributed by atoms with Gasteiger partial charge in [0, 0.05) is 5.69 Å². The van der Waals surface area contributed by atoms with E-state index in [1.54, 1.807) is 12.1 Å². The van der Waals surface area contributed by atoms with Crippen molar-refractivity contribution in [3.05, 3.63) is 24.3 Å². The third-order valence-electron chi connectivity index (χ3n) is 3.07. The standard InChI is InChI=1S/C15H24N2O3/c1-4-11(3)20-14-8-6-13(7-9-14)17-15(19)16-12(5-2)10-18/h6-9,11-12,18H,4-5,10H2,1-3H3,(H2,16,17,19). The summed E-state index contributed by atoms with van der Waals surface area (Å²) in [5, 5.41) is 14.4. The van der Waals surface area contributed by atoms with E-state index in [4.69, 9.17) is 9.84 Å². The molecule has 2 atom stereocenters. The number of hydrogen-bond donors (Lipinski definition) is 3. The van der Waals surface area contributed by atoms with Crippen molar-refractivity contribution in [1.82, 2.24) is 5.32 Å². The molecule has 0 fully saturated rings. The van der Waals surface area contributed by atoms with Gasteiger partial charge in [0.05, 0.1) is 18.8 Å². The second kappa shape index (κ2) is 8.43. The largest absolute Gasteiger partial charge is 0.491 e. The first-order chi connectivity index (χ1) is 9.58. The molecule has 5 nitrogen and oxygen atoms in total. The molecule has 0 aliphatic carbocycles. The van der Waals surface area contributed by atoms with Crippen LogP contribution in [0.5, 0.6) is 5.75 Å². The molecule has 112 valence electrons. The van der Waals surface area contributed by atoms with Gasteiger partial charge in [0.25, 0.3) is 0 Å². The van der Waals surface area contributed by atoms with Crippen LogP contribution in [0.4, 0.5) is 10.5 Å². The molecule has 0 saturated carbocycles. The van der Waals surface area contributed by atoms with Crippen molar-refractivity contribution in [3.8, 4) is 5.75 Å². The van der Waals surface area contributed by atoms with Crippen molar-refractivity contribution < 1.29 is 14.6 Å². The van der Waals surface area contributed by atoms with Crippen LogP contribution in [0.25, 0.3) is 0 Å². The molecule has 5 heteroatoms. The maximum Gasteiger partial charge on any atom is 0.319 e. The van der Waals surface area contributed by atoms with Crippen molar-refractivity contribution in [2.75, 3.05) is 11.9 Å². The lowest BCUT2D eigenvalue weighted by molar-refractivity contribution is 0.217. The minimum atomic E-state index is -0.318. The van der Waals surface area contributed by atoms with E-state index in [2.05, 4.69) is 17.6 Å². The van der Waals surface area contributed by atoms with Crippen LogP contribution >= 0.6 is 0 Å². The monoisotopic (exact) mass is 280 g/mol. The Morgan fingerprint density at radius 3 is 2.40 bits per heavy atom. The smallest absolute Gasteiger partial charge is 0.319 e. The van der Waals surface area contributed by atoms with Gasteiger partial charge < -0.3 is 20.5 Å². The number of carbonyl (C=O) groups excluding carboxylic acids is 1. The molecule has 1 aromatic carbocycles. The molecule has 3 N–H and O–H groups in total. The third-order valence-corrected chi connectivity index (χ3v) is 3.07. The van der Waals surface area contributed by atoms with Crippen molar-refractivity contribution in [1.29, 1.82) is 0 Å². The second-order valence-corrected chi connectivity index (χ2v) is 4.75. The Balaban J connectivity index is 2.50. The Bertz CT molecular complexity index is 402. The molecular weight excluding hydrogens is 256 g/mol. The van der Waals surface area contributed by atoms with Crippen molar-refractivity contribution in [3.63, 3.8) is 0 Å². The normalized spacial score (nSPS) is 13.4. The maximum atomic E-state index is 11.7. The molecule has 0 spiro atoms. The van der Waals surface area contributed by atoms with Gasteiger partial charge in [-0.05, 0) is 44.0 Å². The molecule has 0 aromatic heterocycles. The van der Waals surface area contributed by atoms with Crippen molar-refractivity contribution in [2.24, 2.45) is 0 Å². The van der Waals surface area contributed by atoms with Crippen LogP contribution in [0.15, 0.2) is 24.3 Å². The average molecular weight is 280 g/mol. The summed E-state index contributed by atoms with van der Waals surface area (Å²) < 4.78 is 5.66. The number of urea groups is 1. The number of rotatable bonds is 7. The molecule has 2 amide bonds. The molecule has 0 saturated heterocycles. The van der Waals surface area contributed by atoms with Crippen LogP contribution in [-0.2, 0) is 0 Å². The van der Waals surface area contributed by atoms with E-state index in [1.165, 1.54) is 0 Å². The maximum absolute atomic E-state index is 11.7. The Hall–Kier alpha value is -1.75. The van der Waals surface area contributed by atoms with Crippen molar-refractivity contribution in [2.45, 2.75) is 45.8 Å². The van der Waals surface area contributed by atoms with E-state index in [-0.39, 0.29) is 24.8 Å². The summed E-state index contributed by atoms with van der Waals surface area (Å²) in [5.74, 6) is 0.784. The fourth-order valence-corrected chi connectivity index (χ4v) is 1.56. The number of nitrogens with one attached hydrogen (secondary N) is 2.